The third-order valence-electron chi connectivity index (χ3n) is 5.54. The molecule has 1 unspecified atom stereocenters. The molecule has 212 valence electrons. The molecule has 4 aromatic rings. The zero-order chi connectivity index (χ0) is 29.5. The Hall–Kier alpha value is -5.01. The van der Waals surface area contributed by atoms with Gasteiger partial charge in [-0.1, -0.05) is 30.8 Å². The summed E-state index contributed by atoms with van der Waals surface area (Å²) in [5.74, 6) is -0.398. The van der Waals surface area contributed by atoms with Gasteiger partial charge in [0.15, 0.2) is 29.7 Å². The van der Waals surface area contributed by atoms with Crippen molar-refractivity contribution < 1.29 is 37.6 Å². The highest BCUT2D eigenvalue weighted by atomic mass is 32.2. The van der Waals surface area contributed by atoms with Gasteiger partial charge < -0.3 is 24.1 Å². The Kier molecular flexibility index (Phi) is 9.12. The number of nitrogens with zero attached hydrogens (tertiary/aromatic N) is 4. The van der Waals surface area contributed by atoms with Crippen LogP contribution in [-0.2, 0) is 16.1 Å². The number of benzene rings is 2. The van der Waals surface area contributed by atoms with E-state index < -0.39 is 23.8 Å². The Bertz CT molecular complexity index is 1600. The van der Waals surface area contributed by atoms with Gasteiger partial charge in [-0.25, -0.2) is 19.0 Å². The molecular formula is C28H26N4O8S. The second kappa shape index (κ2) is 12.9. The van der Waals surface area contributed by atoms with Gasteiger partial charge >= 0.3 is 5.97 Å². The second-order valence-corrected chi connectivity index (χ2v) is 9.21. The van der Waals surface area contributed by atoms with Gasteiger partial charge in [-0.3, -0.25) is 4.55 Å². The first kappa shape index (κ1) is 29.0. The number of allylic oxidation sites excluding steroid dienone is 1. The number of methoxy groups -OCH3 is 2. The van der Waals surface area contributed by atoms with E-state index in [1.807, 2.05) is 6.92 Å². The zero-order valence-electron chi connectivity index (χ0n) is 22.3. The van der Waals surface area contributed by atoms with Gasteiger partial charge in [0.25, 0.3) is 17.1 Å². The summed E-state index contributed by atoms with van der Waals surface area (Å²) in [5.41, 5.74) is 1.91. The number of aliphatic carboxylic acids is 1. The van der Waals surface area contributed by atoms with E-state index >= 15 is 0 Å². The smallest absolute Gasteiger partial charge is 0.341 e. The summed E-state index contributed by atoms with van der Waals surface area (Å²) < 4.78 is 46.6. The maximum atomic E-state index is 12.8. The lowest BCUT2D eigenvalue weighted by Crippen LogP contribution is -2.23. The molecule has 0 spiro atoms. The largest absolute Gasteiger partial charge is 0.493 e. The number of aromatic nitrogens is 3. The average Bonchev–Trinajstić information content (AvgIpc) is 2.97. The standard InChI is InChI=1S/C28H26N4O8S/c1-17(2)19-12-13-23(29-15-19)32(41(35)36)27-25(40-22-11-6-5-10-21(22)37-3)28(38-4)31-26(30-27)18-8-7-9-20(14-18)39-16-24(33)34/h5-15H,1,16H2,2-4H3,(H,33,34)(H,35,36). The number of carbonyl (C=O) groups is 1. The first-order chi connectivity index (χ1) is 19.7. The van der Waals surface area contributed by atoms with E-state index in [4.69, 9.17) is 24.1 Å². The molecule has 0 bridgehead atoms. The van der Waals surface area contributed by atoms with Crippen LogP contribution in [0.5, 0.6) is 28.9 Å². The number of para-hydroxylation sites is 2. The van der Waals surface area contributed by atoms with Gasteiger partial charge in [-0.15, -0.1) is 0 Å². The number of carboxylic acids is 1. The van der Waals surface area contributed by atoms with Crippen LogP contribution in [0.1, 0.15) is 12.5 Å². The summed E-state index contributed by atoms with van der Waals surface area (Å²) in [4.78, 5) is 24.4. The quantitative estimate of drug-likeness (QED) is 0.215. The SMILES string of the molecule is C=C(C)c1ccc(N(c2nc(-c3cccc(OCC(=O)O)c3)nc(OC)c2Oc2ccccc2OC)S(=O)O)nc1. The van der Waals surface area contributed by atoms with Gasteiger partial charge in [0.2, 0.25) is 5.75 Å². The Morgan fingerprint density at radius 3 is 2.39 bits per heavy atom. The van der Waals surface area contributed by atoms with Crippen LogP contribution in [0, 0.1) is 0 Å². The number of carboxylic acid groups (broad SMARTS) is 1. The highest BCUT2D eigenvalue weighted by Gasteiger charge is 2.29. The lowest BCUT2D eigenvalue weighted by Gasteiger charge is -2.23. The molecule has 2 aromatic heterocycles. The molecular weight excluding hydrogens is 552 g/mol. The van der Waals surface area contributed by atoms with E-state index in [-0.39, 0.29) is 40.6 Å². The van der Waals surface area contributed by atoms with Gasteiger partial charge in [0.05, 0.1) is 14.2 Å². The van der Waals surface area contributed by atoms with Crippen LogP contribution in [0.15, 0.2) is 73.4 Å². The molecule has 2 aromatic carbocycles. The number of rotatable bonds is 12. The molecule has 2 heterocycles. The Balaban J connectivity index is 1.93. The summed E-state index contributed by atoms with van der Waals surface area (Å²) in [6.07, 6.45) is 1.51. The molecule has 0 aliphatic rings. The Labute approximate surface area is 238 Å². The number of ether oxygens (including phenoxy) is 4. The highest BCUT2D eigenvalue weighted by Crippen LogP contribution is 2.44. The number of pyridine rings is 1. The summed E-state index contributed by atoms with van der Waals surface area (Å²) >= 11 is -2.68. The van der Waals surface area contributed by atoms with Gasteiger partial charge in [-0.2, -0.15) is 9.29 Å². The lowest BCUT2D eigenvalue weighted by molar-refractivity contribution is -0.139. The van der Waals surface area contributed by atoms with Crippen LogP contribution >= 0.6 is 0 Å². The summed E-state index contributed by atoms with van der Waals surface area (Å²) in [5, 5.41) is 8.97. The van der Waals surface area contributed by atoms with E-state index in [1.54, 1.807) is 54.6 Å². The fraction of sp³-hybridized carbons (Fsp3) is 0.143. The zero-order valence-corrected chi connectivity index (χ0v) is 23.1. The second-order valence-electron chi connectivity index (χ2n) is 8.38. The van der Waals surface area contributed by atoms with E-state index in [9.17, 15) is 13.6 Å². The van der Waals surface area contributed by atoms with Crippen LogP contribution in [0.2, 0.25) is 0 Å². The summed E-state index contributed by atoms with van der Waals surface area (Å²) in [6, 6.07) is 16.4. The third-order valence-corrected chi connectivity index (χ3v) is 6.22. The Morgan fingerprint density at radius 2 is 1.78 bits per heavy atom. The van der Waals surface area contributed by atoms with Crippen molar-refractivity contribution in [3.63, 3.8) is 0 Å². The third kappa shape index (κ3) is 6.77. The molecule has 0 fully saturated rings. The van der Waals surface area contributed by atoms with E-state index in [0.717, 1.165) is 15.4 Å². The van der Waals surface area contributed by atoms with E-state index in [1.165, 1.54) is 26.5 Å². The van der Waals surface area contributed by atoms with Crippen molar-refractivity contribution in [1.29, 1.82) is 0 Å². The Morgan fingerprint density at radius 1 is 1.02 bits per heavy atom. The minimum atomic E-state index is -2.68. The van der Waals surface area contributed by atoms with Crippen LogP contribution in [0.4, 0.5) is 11.6 Å². The van der Waals surface area contributed by atoms with Crippen molar-refractivity contribution in [1.82, 2.24) is 15.0 Å². The molecule has 0 amide bonds. The molecule has 1 atom stereocenters. The van der Waals surface area contributed by atoms with Crippen molar-refractivity contribution >= 4 is 34.4 Å². The molecule has 41 heavy (non-hydrogen) atoms. The lowest BCUT2D eigenvalue weighted by atomic mass is 10.1. The topological polar surface area (TPSA) is 153 Å². The first-order valence-corrected chi connectivity index (χ1v) is 13.0. The summed E-state index contributed by atoms with van der Waals surface area (Å²) in [7, 11) is 2.83. The predicted octanol–water partition coefficient (Wildman–Crippen LogP) is 5.12. The molecule has 13 heteroatoms. The molecule has 0 aliphatic carbocycles. The summed E-state index contributed by atoms with van der Waals surface area (Å²) in [6.45, 7) is 5.16. The van der Waals surface area contributed by atoms with Crippen molar-refractivity contribution in [2.24, 2.45) is 0 Å². The minimum absolute atomic E-state index is 0.0678. The number of hydrogen-bond donors (Lipinski definition) is 2. The molecule has 4 rings (SSSR count). The molecule has 0 aliphatic heterocycles. The normalized spacial score (nSPS) is 11.3. The highest BCUT2D eigenvalue weighted by molar-refractivity contribution is 7.81. The van der Waals surface area contributed by atoms with E-state index in [0.29, 0.717) is 11.3 Å². The predicted molar refractivity (Wildman–Crippen MR) is 152 cm³/mol. The van der Waals surface area contributed by atoms with Crippen molar-refractivity contribution in [3.05, 3.63) is 79.0 Å². The van der Waals surface area contributed by atoms with Crippen LogP contribution in [0.25, 0.3) is 17.0 Å². The average molecular weight is 579 g/mol. The molecule has 2 N–H and O–H groups in total. The molecule has 0 saturated heterocycles. The van der Waals surface area contributed by atoms with Crippen LogP contribution in [-0.4, -0.2) is 55.6 Å². The monoisotopic (exact) mass is 578 g/mol. The minimum Gasteiger partial charge on any atom is -0.493 e. The van der Waals surface area contributed by atoms with Gasteiger partial charge in [0, 0.05) is 11.8 Å². The maximum absolute atomic E-state index is 12.8. The molecule has 0 saturated carbocycles. The fourth-order valence-corrected chi connectivity index (χ4v) is 4.16. The molecule has 12 nitrogen and oxygen atoms in total. The maximum Gasteiger partial charge on any atom is 0.341 e. The first-order valence-electron chi connectivity index (χ1n) is 12.0. The van der Waals surface area contributed by atoms with Crippen molar-refractivity contribution in [2.75, 3.05) is 25.1 Å². The molecule has 0 radical (unpaired) electrons. The van der Waals surface area contributed by atoms with Crippen molar-refractivity contribution in [3.8, 4) is 40.3 Å². The van der Waals surface area contributed by atoms with Gasteiger partial charge in [-0.05, 0) is 54.5 Å². The van der Waals surface area contributed by atoms with Gasteiger partial charge in [0.1, 0.15) is 11.6 Å². The van der Waals surface area contributed by atoms with Crippen LogP contribution < -0.4 is 23.3 Å². The van der Waals surface area contributed by atoms with Crippen molar-refractivity contribution in [2.45, 2.75) is 6.92 Å². The fourth-order valence-electron chi connectivity index (χ4n) is 3.62. The number of hydrogen-bond acceptors (Lipinski definition) is 9. The van der Waals surface area contributed by atoms with E-state index in [2.05, 4.69) is 21.5 Å². The number of anilines is 2. The van der Waals surface area contributed by atoms with Crippen LogP contribution in [0.3, 0.4) is 0 Å².